The molecule has 1 heterocycles. The van der Waals surface area contributed by atoms with Crippen LogP contribution in [0.2, 0.25) is 0 Å². The summed E-state index contributed by atoms with van der Waals surface area (Å²) in [6.07, 6.45) is 21.2. The quantitative estimate of drug-likeness (QED) is 0.0314. The van der Waals surface area contributed by atoms with E-state index in [1.807, 2.05) is 6.08 Å². The molecule has 288 valence electrons. The van der Waals surface area contributed by atoms with E-state index in [0.717, 1.165) is 44.9 Å². The molecule has 0 aromatic heterocycles. The minimum absolute atomic E-state index is 0.214. The van der Waals surface area contributed by atoms with Gasteiger partial charge in [0.05, 0.1) is 13.2 Å². The van der Waals surface area contributed by atoms with Gasteiger partial charge in [0.1, 0.15) is 31.0 Å². The van der Waals surface area contributed by atoms with Gasteiger partial charge < -0.3 is 39.4 Å². The molecule has 0 radical (unpaired) electrons. The van der Waals surface area contributed by atoms with Gasteiger partial charge in [0.2, 0.25) is 0 Å². The van der Waals surface area contributed by atoms with Crippen LogP contribution in [0.25, 0.3) is 0 Å². The van der Waals surface area contributed by atoms with Gasteiger partial charge in [0.15, 0.2) is 12.4 Å². The number of hydrogen-bond donors (Lipinski definition) is 4. The largest absolute Gasteiger partial charge is 0.462 e. The Bertz CT molecular complexity index is 807. The zero-order valence-corrected chi connectivity index (χ0v) is 30.8. The topological polar surface area (TPSA) is 152 Å². The maximum Gasteiger partial charge on any atom is 0.306 e. The summed E-state index contributed by atoms with van der Waals surface area (Å²) in [6, 6.07) is 0. The molecule has 0 aromatic rings. The molecule has 0 bridgehead atoms. The zero-order chi connectivity index (χ0) is 36.0. The Kier molecular flexibility index (Phi) is 28.9. The van der Waals surface area contributed by atoms with Gasteiger partial charge in [-0.2, -0.15) is 0 Å². The van der Waals surface area contributed by atoms with Crippen molar-refractivity contribution >= 4 is 11.9 Å². The van der Waals surface area contributed by atoms with Crippen LogP contribution in [-0.4, -0.2) is 89.0 Å². The van der Waals surface area contributed by atoms with Crippen LogP contribution in [0.1, 0.15) is 167 Å². The van der Waals surface area contributed by atoms with Crippen LogP contribution in [-0.2, 0) is 28.5 Å². The van der Waals surface area contributed by atoms with Gasteiger partial charge in [-0.3, -0.25) is 9.59 Å². The fourth-order valence-corrected chi connectivity index (χ4v) is 6.11. The predicted octanol–water partition coefficient (Wildman–Crippen LogP) is 7.22. The number of rotatable bonds is 33. The third kappa shape index (κ3) is 23.5. The van der Waals surface area contributed by atoms with Crippen molar-refractivity contribution in [1.29, 1.82) is 0 Å². The minimum atomic E-state index is -1.59. The Morgan fingerprint density at radius 2 is 1.12 bits per heavy atom. The van der Waals surface area contributed by atoms with Crippen LogP contribution < -0.4 is 0 Å². The van der Waals surface area contributed by atoms with Crippen LogP contribution in [0.15, 0.2) is 12.7 Å². The summed E-state index contributed by atoms with van der Waals surface area (Å²) in [4.78, 5) is 25.1. The van der Waals surface area contributed by atoms with Crippen molar-refractivity contribution in [3.63, 3.8) is 0 Å². The monoisotopic (exact) mass is 701 g/mol. The van der Waals surface area contributed by atoms with E-state index in [0.29, 0.717) is 6.42 Å². The minimum Gasteiger partial charge on any atom is -0.462 e. The number of ether oxygens (including phenoxy) is 4. The molecule has 1 aliphatic rings. The van der Waals surface area contributed by atoms with E-state index < -0.39 is 49.4 Å². The lowest BCUT2D eigenvalue weighted by atomic mass is 9.99. The number of hydrogen-bond acceptors (Lipinski definition) is 10. The first-order valence-electron chi connectivity index (χ1n) is 19.7. The van der Waals surface area contributed by atoms with Crippen molar-refractivity contribution in [3.05, 3.63) is 12.7 Å². The molecular weight excluding hydrogens is 628 g/mol. The fraction of sp³-hybridized carbons (Fsp3) is 0.897. The highest BCUT2D eigenvalue weighted by atomic mass is 16.7. The van der Waals surface area contributed by atoms with E-state index in [-0.39, 0.29) is 32.0 Å². The highest BCUT2D eigenvalue weighted by Crippen LogP contribution is 2.22. The molecule has 0 saturated carbocycles. The summed E-state index contributed by atoms with van der Waals surface area (Å²) >= 11 is 0. The van der Waals surface area contributed by atoms with Gasteiger partial charge in [0, 0.05) is 12.8 Å². The van der Waals surface area contributed by atoms with Gasteiger partial charge in [-0.05, 0) is 25.7 Å². The molecule has 1 saturated heterocycles. The molecular formula is C39H72O10. The van der Waals surface area contributed by atoms with Crippen molar-refractivity contribution in [2.45, 2.75) is 204 Å². The Labute approximate surface area is 297 Å². The number of unbranched alkanes of at least 4 members (excludes halogenated alkanes) is 21. The first-order chi connectivity index (χ1) is 23.8. The van der Waals surface area contributed by atoms with E-state index in [2.05, 4.69) is 13.5 Å². The predicted molar refractivity (Wildman–Crippen MR) is 192 cm³/mol. The maximum absolute atomic E-state index is 12.7. The first kappa shape index (κ1) is 45.5. The summed E-state index contributed by atoms with van der Waals surface area (Å²) in [6.45, 7) is 4.91. The lowest BCUT2D eigenvalue weighted by molar-refractivity contribution is -0.305. The van der Waals surface area contributed by atoms with Crippen molar-refractivity contribution in [2.24, 2.45) is 0 Å². The molecule has 10 nitrogen and oxygen atoms in total. The Hall–Kier alpha value is -1.56. The molecule has 1 rings (SSSR count). The molecule has 10 heteroatoms. The van der Waals surface area contributed by atoms with E-state index in [1.165, 1.54) is 96.3 Å². The summed E-state index contributed by atoms with van der Waals surface area (Å²) in [7, 11) is 0. The average molecular weight is 701 g/mol. The Balaban J connectivity index is 2.36. The number of aliphatic hydroxyl groups excluding tert-OH is 4. The SMILES string of the molecule is C=CCCCCCCCCCCCCCCCC(=O)O[C@H](COC(=O)CCCCCCCCCCC)CO[C@@H]1O[C@H](CO)[C@H](O)C(O)C1O. The van der Waals surface area contributed by atoms with Crippen LogP contribution in [0.4, 0.5) is 0 Å². The van der Waals surface area contributed by atoms with Crippen LogP contribution >= 0.6 is 0 Å². The molecule has 0 aliphatic carbocycles. The molecule has 49 heavy (non-hydrogen) atoms. The van der Waals surface area contributed by atoms with E-state index >= 15 is 0 Å². The van der Waals surface area contributed by atoms with Crippen molar-refractivity contribution in [1.82, 2.24) is 0 Å². The molecule has 4 N–H and O–H groups in total. The summed E-state index contributed by atoms with van der Waals surface area (Å²) in [5.41, 5.74) is 0. The Morgan fingerprint density at radius 1 is 0.653 bits per heavy atom. The molecule has 1 aliphatic heterocycles. The molecule has 2 unspecified atom stereocenters. The number of allylic oxidation sites excluding steroid dienone is 1. The van der Waals surface area contributed by atoms with Crippen LogP contribution in [0.3, 0.4) is 0 Å². The van der Waals surface area contributed by atoms with Crippen molar-refractivity contribution in [2.75, 3.05) is 19.8 Å². The summed E-state index contributed by atoms with van der Waals surface area (Å²) < 4.78 is 22.0. The molecule has 1 fully saturated rings. The van der Waals surface area contributed by atoms with Gasteiger partial charge in [-0.1, -0.05) is 135 Å². The second kappa shape index (κ2) is 31.2. The summed E-state index contributed by atoms with van der Waals surface area (Å²) in [5, 5.41) is 39.9. The third-order valence-electron chi connectivity index (χ3n) is 9.30. The number of carbonyl (C=O) groups is 2. The highest BCUT2D eigenvalue weighted by molar-refractivity contribution is 5.70. The summed E-state index contributed by atoms with van der Waals surface area (Å²) in [5.74, 6) is -0.807. The second-order valence-electron chi connectivity index (χ2n) is 13.8. The van der Waals surface area contributed by atoms with E-state index in [9.17, 15) is 30.0 Å². The lowest BCUT2D eigenvalue weighted by Crippen LogP contribution is -2.59. The maximum atomic E-state index is 12.7. The Morgan fingerprint density at radius 3 is 1.61 bits per heavy atom. The fourth-order valence-electron chi connectivity index (χ4n) is 6.11. The van der Waals surface area contributed by atoms with Gasteiger partial charge in [-0.15, -0.1) is 6.58 Å². The van der Waals surface area contributed by atoms with Crippen LogP contribution in [0.5, 0.6) is 0 Å². The van der Waals surface area contributed by atoms with Gasteiger partial charge in [0.25, 0.3) is 0 Å². The smallest absolute Gasteiger partial charge is 0.306 e. The van der Waals surface area contributed by atoms with Gasteiger partial charge >= 0.3 is 11.9 Å². The van der Waals surface area contributed by atoms with Gasteiger partial charge in [-0.25, -0.2) is 0 Å². The molecule has 0 amide bonds. The first-order valence-corrected chi connectivity index (χ1v) is 19.7. The number of esters is 2. The van der Waals surface area contributed by atoms with Crippen molar-refractivity contribution < 1.29 is 49.0 Å². The second-order valence-corrected chi connectivity index (χ2v) is 13.8. The third-order valence-corrected chi connectivity index (χ3v) is 9.30. The standard InChI is InChI=1S/C39H72O10/c1-3-5-7-9-11-13-14-15-16-17-18-20-22-24-26-28-35(42)48-32(31-47-39-38(45)37(44)36(43)33(29-40)49-39)30-46-34(41)27-25-23-21-19-12-10-8-6-4-2/h3,32-33,36-40,43-45H,1,4-31H2,2H3/t32-,33-,36+,37?,38?,39-/m1/s1. The normalized spacial score (nSPS) is 21.4. The van der Waals surface area contributed by atoms with Crippen molar-refractivity contribution in [3.8, 4) is 0 Å². The number of carbonyl (C=O) groups excluding carboxylic acids is 2. The zero-order valence-electron chi connectivity index (χ0n) is 30.8. The molecule has 6 atom stereocenters. The molecule has 0 aromatic carbocycles. The average Bonchev–Trinajstić information content (AvgIpc) is 3.10. The van der Waals surface area contributed by atoms with Crippen LogP contribution in [0, 0.1) is 0 Å². The van der Waals surface area contributed by atoms with E-state index in [4.69, 9.17) is 18.9 Å². The lowest BCUT2D eigenvalue weighted by Gasteiger charge is -2.39. The highest BCUT2D eigenvalue weighted by Gasteiger charge is 2.44. The molecule has 0 spiro atoms. The number of aliphatic hydroxyl groups is 4. The van der Waals surface area contributed by atoms with E-state index in [1.54, 1.807) is 0 Å².